The highest BCUT2D eigenvalue weighted by molar-refractivity contribution is 5.40. The van der Waals surface area contributed by atoms with Gasteiger partial charge in [0, 0.05) is 38.4 Å². The highest BCUT2D eigenvalue weighted by Gasteiger charge is 2.17. The lowest BCUT2D eigenvalue weighted by Crippen LogP contribution is -2.46. The molecule has 1 unspecified atom stereocenters. The van der Waals surface area contributed by atoms with Crippen molar-refractivity contribution in [2.75, 3.05) is 37.6 Å². The standard InChI is InChI=1S/C15H26N4/c1-3-6-18-7-9-19(10-8-18)15-5-4-14(12-17-15)11-13(2)16/h4-5,12-13H,3,6-11,16H2,1-2H3. The van der Waals surface area contributed by atoms with E-state index in [4.69, 9.17) is 5.73 Å². The molecule has 4 nitrogen and oxygen atoms in total. The van der Waals surface area contributed by atoms with Gasteiger partial charge < -0.3 is 10.6 Å². The second kappa shape index (κ2) is 6.87. The number of nitrogens with two attached hydrogens (primary N) is 1. The molecule has 2 N–H and O–H groups in total. The molecular formula is C15H26N4. The average Bonchev–Trinajstić information content (AvgIpc) is 2.40. The van der Waals surface area contributed by atoms with Crippen LogP contribution in [-0.2, 0) is 6.42 Å². The molecular weight excluding hydrogens is 236 g/mol. The molecule has 1 fully saturated rings. The van der Waals surface area contributed by atoms with Crippen molar-refractivity contribution in [2.45, 2.75) is 32.7 Å². The zero-order chi connectivity index (χ0) is 13.7. The second-order valence-electron chi connectivity index (χ2n) is 5.53. The number of rotatable bonds is 5. The van der Waals surface area contributed by atoms with Gasteiger partial charge in [0.05, 0.1) is 0 Å². The van der Waals surface area contributed by atoms with Crippen LogP contribution in [0.25, 0.3) is 0 Å². The largest absolute Gasteiger partial charge is 0.354 e. The van der Waals surface area contributed by atoms with Crippen LogP contribution in [-0.4, -0.2) is 48.6 Å². The van der Waals surface area contributed by atoms with Gasteiger partial charge in [-0.3, -0.25) is 4.90 Å². The molecule has 1 atom stereocenters. The van der Waals surface area contributed by atoms with Crippen molar-refractivity contribution in [3.05, 3.63) is 23.9 Å². The van der Waals surface area contributed by atoms with Crippen molar-refractivity contribution in [3.63, 3.8) is 0 Å². The Morgan fingerprint density at radius 2 is 2.00 bits per heavy atom. The van der Waals surface area contributed by atoms with Crippen molar-refractivity contribution in [1.82, 2.24) is 9.88 Å². The van der Waals surface area contributed by atoms with Crippen LogP contribution < -0.4 is 10.6 Å². The summed E-state index contributed by atoms with van der Waals surface area (Å²) in [6.07, 6.45) is 4.11. The Balaban J connectivity index is 1.89. The molecule has 0 aliphatic carbocycles. The molecule has 19 heavy (non-hydrogen) atoms. The third kappa shape index (κ3) is 4.18. The molecule has 0 bridgehead atoms. The van der Waals surface area contributed by atoms with Gasteiger partial charge in [-0.05, 0) is 37.9 Å². The zero-order valence-electron chi connectivity index (χ0n) is 12.2. The Morgan fingerprint density at radius 3 is 2.53 bits per heavy atom. The maximum absolute atomic E-state index is 5.81. The van der Waals surface area contributed by atoms with E-state index in [9.17, 15) is 0 Å². The van der Waals surface area contributed by atoms with Crippen LogP contribution in [0.2, 0.25) is 0 Å². The molecule has 0 spiro atoms. The Bertz CT molecular complexity index is 366. The summed E-state index contributed by atoms with van der Waals surface area (Å²) in [7, 11) is 0. The third-order valence-corrected chi connectivity index (χ3v) is 3.60. The van der Waals surface area contributed by atoms with Gasteiger partial charge >= 0.3 is 0 Å². The topological polar surface area (TPSA) is 45.4 Å². The van der Waals surface area contributed by atoms with Gasteiger partial charge in [-0.2, -0.15) is 0 Å². The van der Waals surface area contributed by atoms with Gasteiger partial charge in [0.2, 0.25) is 0 Å². The van der Waals surface area contributed by atoms with Crippen molar-refractivity contribution >= 4 is 5.82 Å². The zero-order valence-corrected chi connectivity index (χ0v) is 12.2. The first kappa shape index (κ1) is 14.3. The number of aromatic nitrogens is 1. The third-order valence-electron chi connectivity index (χ3n) is 3.60. The van der Waals surface area contributed by atoms with Gasteiger partial charge in [0.25, 0.3) is 0 Å². The van der Waals surface area contributed by atoms with E-state index in [0.29, 0.717) is 0 Å². The number of hydrogen-bond acceptors (Lipinski definition) is 4. The Hall–Kier alpha value is -1.13. The number of piperazine rings is 1. The molecule has 0 saturated carbocycles. The lowest BCUT2D eigenvalue weighted by Gasteiger charge is -2.35. The van der Waals surface area contributed by atoms with Crippen molar-refractivity contribution in [2.24, 2.45) is 5.73 Å². The Morgan fingerprint density at radius 1 is 1.26 bits per heavy atom. The second-order valence-corrected chi connectivity index (χ2v) is 5.53. The van der Waals surface area contributed by atoms with Gasteiger partial charge in [-0.15, -0.1) is 0 Å². The van der Waals surface area contributed by atoms with E-state index in [1.807, 2.05) is 13.1 Å². The van der Waals surface area contributed by atoms with E-state index in [0.717, 1.165) is 38.4 Å². The molecule has 1 aliphatic rings. The summed E-state index contributed by atoms with van der Waals surface area (Å²) >= 11 is 0. The summed E-state index contributed by atoms with van der Waals surface area (Å²) in [6, 6.07) is 4.49. The van der Waals surface area contributed by atoms with E-state index in [2.05, 4.69) is 33.8 Å². The van der Waals surface area contributed by atoms with E-state index in [1.165, 1.54) is 18.5 Å². The molecule has 1 aromatic rings. The normalized spacial score (nSPS) is 18.6. The maximum Gasteiger partial charge on any atom is 0.128 e. The fourth-order valence-corrected chi connectivity index (χ4v) is 2.61. The smallest absolute Gasteiger partial charge is 0.128 e. The number of anilines is 1. The molecule has 0 amide bonds. The predicted molar refractivity (Wildman–Crippen MR) is 80.5 cm³/mol. The average molecular weight is 262 g/mol. The molecule has 0 radical (unpaired) electrons. The highest BCUT2D eigenvalue weighted by atomic mass is 15.3. The van der Waals surface area contributed by atoms with Crippen LogP contribution in [0.1, 0.15) is 25.8 Å². The van der Waals surface area contributed by atoms with Crippen LogP contribution in [0.3, 0.4) is 0 Å². The van der Waals surface area contributed by atoms with Crippen LogP contribution in [0.4, 0.5) is 5.82 Å². The van der Waals surface area contributed by atoms with Crippen molar-refractivity contribution in [3.8, 4) is 0 Å². The summed E-state index contributed by atoms with van der Waals surface area (Å²) in [5.74, 6) is 1.10. The molecule has 2 rings (SSSR count). The fraction of sp³-hybridized carbons (Fsp3) is 0.667. The number of pyridine rings is 1. The van der Waals surface area contributed by atoms with Crippen LogP contribution in [0, 0.1) is 0 Å². The maximum atomic E-state index is 5.81. The first-order chi connectivity index (χ1) is 9.19. The molecule has 4 heteroatoms. The summed E-state index contributed by atoms with van der Waals surface area (Å²) in [5.41, 5.74) is 7.03. The lowest BCUT2D eigenvalue weighted by molar-refractivity contribution is 0.258. The Labute approximate surface area is 116 Å². The molecule has 1 aromatic heterocycles. The summed E-state index contributed by atoms with van der Waals surface area (Å²) < 4.78 is 0. The first-order valence-corrected chi connectivity index (χ1v) is 7.37. The quantitative estimate of drug-likeness (QED) is 0.873. The molecule has 2 heterocycles. The van der Waals surface area contributed by atoms with Crippen molar-refractivity contribution in [1.29, 1.82) is 0 Å². The SMILES string of the molecule is CCCN1CCN(c2ccc(CC(C)N)cn2)CC1. The van der Waals surface area contributed by atoms with E-state index in [-0.39, 0.29) is 6.04 Å². The van der Waals surface area contributed by atoms with E-state index in [1.54, 1.807) is 0 Å². The molecule has 1 saturated heterocycles. The summed E-state index contributed by atoms with van der Waals surface area (Å²) in [5, 5.41) is 0. The highest BCUT2D eigenvalue weighted by Crippen LogP contribution is 2.14. The van der Waals surface area contributed by atoms with Gasteiger partial charge in [0.15, 0.2) is 0 Å². The predicted octanol–water partition coefficient (Wildman–Crippen LogP) is 1.50. The summed E-state index contributed by atoms with van der Waals surface area (Å²) in [6.45, 7) is 9.95. The van der Waals surface area contributed by atoms with Crippen LogP contribution >= 0.6 is 0 Å². The van der Waals surface area contributed by atoms with Gasteiger partial charge in [-0.25, -0.2) is 4.98 Å². The molecule has 106 valence electrons. The minimum atomic E-state index is 0.199. The fourth-order valence-electron chi connectivity index (χ4n) is 2.61. The lowest BCUT2D eigenvalue weighted by atomic mass is 10.1. The van der Waals surface area contributed by atoms with E-state index >= 15 is 0 Å². The Kier molecular flexibility index (Phi) is 5.16. The number of nitrogens with zero attached hydrogens (tertiary/aromatic N) is 3. The first-order valence-electron chi connectivity index (χ1n) is 7.37. The number of hydrogen-bond donors (Lipinski definition) is 1. The molecule has 1 aliphatic heterocycles. The minimum Gasteiger partial charge on any atom is -0.354 e. The van der Waals surface area contributed by atoms with Crippen molar-refractivity contribution < 1.29 is 0 Å². The van der Waals surface area contributed by atoms with Gasteiger partial charge in [0.1, 0.15) is 5.82 Å². The van der Waals surface area contributed by atoms with Gasteiger partial charge in [-0.1, -0.05) is 13.0 Å². The molecule has 0 aromatic carbocycles. The van der Waals surface area contributed by atoms with Crippen LogP contribution in [0.15, 0.2) is 18.3 Å². The van der Waals surface area contributed by atoms with Crippen LogP contribution in [0.5, 0.6) is 0 Å². The van der Waals surface area contributed by atoms with E-state index < -0.39 is 0 Å². The monoisotopic (exact) mass is 262 g/mol. The summed E-state index contributed by atoms with van der Waals surface area (Å²) in [4.78, 5) is 9.48. The minimum absolute atomic E-state index is 0.199.